The van der Waals surface area contributed by atoms with Crippen molar-refractivity contribution in [1.82, 2.24) is 0 Å². The molecule has 0 aromatic heterocycles. The summed E-state index contributed by atoms with van der Waals surface area (Å²) in [5.41, 5.74) is 34.1. The highest BCUT2D eigenvalue weighted by atomic mass is 14.9. The van der Waals surface area contributed by atoms with Gasteiger partial charge in [0.25, 0.3) is 0 Å². The van der Waals surface area contributed by atoms with E-state index in [-0.39, 0.29) is 0 Å². The quantitative estimate of drug-likeness (QED) is 0.107. The van der Waals surface area contributed by atoms with Crippen LogP contribution in [0.4, 0.5) is 0 Å². The standard InChI is InChI=1S/C68H76N4/c1-13-41-25-33-58(54(21-9)50(41)17-5)62-39-49-38-47-30-29-45(69-47)37-46-31-32-48(70-46)40-63-64(59-34-26-42(14-2)51(18-6)55(59)22-10)65(60-35-27-43(15-3)52(19-7)56(60)23-11)68(72-63)66(67(62)71-49)61-36-28-44(16-4)53(20-8)57(61)24-12/h25-40H,13-24H2,1-12H3. The zero-order valence-electron chi connectivity index (χ0n) is 45.5. The van der Waals surface area contributed by atoms with E-state index in [1.807, 2.05) is 0 Å². The summed E-state index contributed by atoms with van der Waals surface area (Å²) in [4.78, 5) is 22.5. The van der Waals surface area contributed by atoms with Gasteiger partial charge in [0.2, 0.25) is 0 Å². The van der Waals surface area contributed by atoms with Crippen molar-refractivity contribution in [2.45, 2.75) is 160 Å². The Morgan fingerprint density at radius 3 is 1.10 bits per heavy atom. The number of aryl methyl sites for hydroxylation is 4. The zero-order chi connectivity index (χ0) is 50.8. The number of rotatable bonds is 16. The molecule has 0 N–H and O–H groups in total. The van der Waals surface area contributed by atoms with Crippen molar-refractivity contribution in [2.24, 2.45) is 20.0 Å². The van der Waals surface area contributed by atoms with Crippen molar-refractivity contribution in [2.75, 3.05) is 0 Å². The summed E-state index contributed by atoms with van der Waals surface area (Å²) in [7, 11) is 0. The van der Waals surface area contributed by atoms with Crippen LogP contribution in [0.3, 0.4) is 0 Å². The molecule has 0 atom stereocenters. The molecule has 5 heterocycles. The van der Waals surface area contributed by atoms with E-state index in [0.29, 0.717) is 0 Å². The van der Waals surface area contributed by atoms with Crippen LogP contribution in [0.2, 0.25) is 0 Å². The van der Waals surface area contributed by atoms with Crippen molar-refractivity contribution in [3.63, 3.8) is 0 Å². The molecule has 5 aliphatic rings. The molecule has 72 heavy (non-hydrogen) atoms. The molecule has 4 aromatic rings. The summed E-state index contributed by atoms with van der Waals surface area (Å²) in [6, 6.07) is 19.3. The van der Waals surface area contributed by atoms with Gasteiger partial charge in [-0.25, -0.2) is 20.0 Å². The molecule has 0 radical (unpaired) electrons. The van der Waals surface area contributed by atoms with Crippen LogP contribution in [-0.4, -0.2) is 22.8 Å². The molecule has 0 saturated carbocycles. The van der Waals surface area contributed by atoms with Gasteiger partial charge in [-0.1, -0.05) is 132 Å². The number of nitrogens with zero attached hydrogens (tertiary/aromatic N) is 4. The second-order valence-electron chi connectivity index (χ2n) is 19.6. The van der Waals surface area contributed by atoms with Crippen molar-refractivity contribution < 1.29 is 0 Å². The van der Waals surface area contributed by atoms with E-state index in [9.17, 15) is 0 Å². The number of hydrogen-bond acceptors (Lipinski definition) is 4. The number of benzene rings is 4. The fourth-order valence-corrected chi connectivity index (χ4v) is 12.8. The molecular weight excluding hydrogens is 873 g/mol. The molecule has 5 aliphatic heterocycles. The maximum Gasteiger partial charge on any atom is 0.0823 e. The maximum absolute atomic E-state index is 6.18. The summed E-state index contributed by atoms with van der Waals surface area (Å²) in [5, 5.41) is 0. The van der Waals surface area contributed by atoms with Crippen molar-refractivity contribution in [3.8, 4) is 0 Å². The normalized spacial score (nSPS) is 16.1. The van der Waals surface area contributed by atoms with Crippen LogP contribution in [0.1, 0.15) is 172 Å². The van der Waals surface area contributed by atoms with Crippen LogP contribution in [0.15, 0.2) is 140 Å². The SMILES string of the molecule is CCc1ccc(C2=CC3=CC4=NC(=CC5=NC(=CC6=NC(=C(c7ccc(CC)c(CC)c7CC)C2=N3)C(c2ccc(CC)c(CC)c2CC)=C6c2ccc(CC)c(CC)c2CC)C=C5)C=C4)c(CC)c1CC. The van der Waals surface area contributed by atoms with Gasteiger partial charge in [-0.15, -0.1) is 0 Å². The lowest BCUT2D eigenvalue weighted by molar-refractivity contribution is 0.974. The molecule has 8 bridgehead atoms. The lowest BCUT2D eigenvalue weighted by Gasteiger charge is -2.25. The Hall–Kier alpha value is -6.52. The predicted octanol–water partition coefficient (Wildman–Crippen LogP) is 16.4. The summed E-state index contributed by atoms with van der Waals surface area (Å²) >= 11 is 0. The minimum atomic E-state index is 0.880. The first-order valence-corrected chi connectivity index (χ1v) is 27.8. The van der Waals surface area contributed by atoms with Gasteiger partial charge in [0, 0.05) is 22.3 Å². The van der Waals surface area contributed by atoms with Crippen molar-refractivity contribution >= 4 is 45.1 Å². The summed E-state index contributed by atoms with van der Waals surface area (Å²) < 4.78 is 0. The zero-order valence-corrected chi connectivity index (χ0v) is 45.5. The molecule has 0 saturated heterocycles. The second kappa shape index (κ2) is 21.7. The smallest absolute Gasteiger partial charge is 0.0823 e. The average molecular weight is 949 g/mol. The molecule has 0 unspecified atom stereocenters. The maximum atomic E-state index is 6.18. The fraction of sp³-hybridized carbons (Fsp3) is 0.353. The van der Waals surface area contributed by atoms with Crippen LogP contribution in [0.5, 0.6) is 0 Å². The van der Waals surface area contributed by atoms with Gasteiger partial charge in [-0.05, 0) is 215 Å². The van der Waals surface area contributed by atoms with Crippen LogP contribution in [-0.2, 0) is 77.0 Å². The topological polar surface area (TPSA) is 49.4 Å². The lowest BCUT2D eigenvalue weighted by Crippen LogP contribution is -2.13. The molecule has 0 spiro atoms. The van der Waals surface area contributed by atoms with Gasteiger partial charge in [0.15, 0.2) is 0 Å². The highest BCUT2D eigenvalue weighted by Gasteiger charge is 2.37. The third-order valence-electron chi connectivity index (χ3n) is 16.0. The van der Waals surface area contributed by atoms with E-state index in [1.54, 1.807) is 0 Å². The van der Waals surface area contributed by atoms with Gasteiger partial charge in [-0.3, -0.25) is 0 Å². The minimum absolute atomic E-state index is 0.880. The molecular formula is C68H76N4. The Bertz CT molecular complexity index is 3280. The van der Waals surface area contributed by atoms with E-state index in [4.69, 9.17) is 20.0 Å². The van der Waals surface area contributed by atoms with Crippen LogP contribution in [0, 0.1) is 0 Å². The Labute approximate surface area is 432 Å². The number of aliphatic imine (C=N–C) groups is 4. The first kappa shape index (κ1) is 50.4. The molecule has 368 valence electrons. The van der Waals surface area contributed by atoms with Crippen LogP contribution in [0.25, 0.3) is 22.3 Å². The largest absolute Gasteiger partial charge is 0.249 e. The van der Waals surface area contributed by atoms with Crippen LogP contribution >= 0.6 is 0 Å². The third kappa shape index (κ3) is 8.83. The number of hydrogen-bond donors (Lipinski definition) is 0. The minimum Gasteiger partial charge on any atom is -0.249 e. The Kier molecular flexibility index (Phi) is 15.2. The number of allylic oxidation sites excluding steroid dienone is 12. The van der Waals surface area contributed by atoms with E-state index in [0.717, 1.165) is 134 Å². The third-order valence-corrected chi connectivity index (χ3v) is 16.0. The molecule has 0 fully saturated rings. The highest BCUT2D eigenvalue weighted by Crippen LogP contribution is 2.50. The van der Waals surface area contributed by atoms with Gasteiger partial charge >= 0.3 is 0 Å². The van der Waals surface area contributed by atoms with E-state index in [2.05, 4.69) is 180 Å². The summed E-state index contributed by atoms with van der Waals surface area (Å²) in [6.45, 7) is 27.9. The Morgan fingerprint density at radius 1 is 0.292 bits per heavy atom. The van der Waals surface area contributed by atoms with Gasteiger partial charge in [-0.2, -0.15) is 0 Å². The second-order valence-corrected chi connectivity index (χ2v) is 19.6. The first-order chi connectivity index (χ1) is 35.1. The predicted molar refractivity (Wildman–Crippen MR) is 312 cm³/mol. The molecule has 0 amide bonds. The van der Waals surface area contributed by atoms with Crippen molar-refractivity contribution in [1.29, 1.82) is 0 Å². The molecule has 4 heteroatoms. The van der Waals surface area contributed by atoms with Gasteiger partial charge < -0.3 is 0 Å². The van der Waals surface area contributed by atoms with E-state index >= 15 is 0 Å². The summed E-state index contributed by atoms with van der Waals surface area (Å²) in [6.07, 6.45) is 28.8. The van der Waals surface area contributed by atoms with E-state index in [1.165, 1.54) is 100 Å². The van der Waals surface area contributed by atoms with E-state index < -0.39 is 0 Å². The Balaban J connectivity index is 1.56. The van der Waals surface area contributed by atoms with Crippen LogP contribution < -0.4 is 0 Å². The highest BCUT2D eigenvalue weighted by molar-refractivity contribution is 6.50. The van der Waals surface area contributed by atoms with Gasteiger partial charge in [0.05, 0.1) is 45.6 Å². The molecule has 9 rings (SSSR count). The molecule has 0 aliphatic carbocycles. The molecule has 4 nitrogen and oxygen atoms in total. The molecule has 4 aromatic carbocycles. The lowest BCUT2D eigenvalue weighted by atomic mass is 9.78. The Morgan fingerprint density at radius 2 is 0.667 bits per heavy atom. The monoisotopic (exact) mass is 949 g/mol. The van der Waals surface area contributed by atoms with Gasteiger partial charge in [0.1, 0.15) is 0 Å². The average Bonchev–Trinajstić information content (AvgIpc) is 4.23. The van der Waals surface area contributed by atoms with Crippen molar-refractivity contribution in [3.05, 3.63) is 209 Å². The summed E-state index contributed by atoms with van der Waals surface area (Å²) in [5.74, 6) is 0. The fourth-order valence-electron chi connectivity index (χ4n) is 12.8. The number of fused-ring (bicyclic) bond motifs is 4. The first-order valence-electron chi connectivity index (χ1n) is 27.8.